The largest absolute Gasteiger partial charge is 0.507 e. The Morgan fingerprint density at radius 1 is 1.35 bits per heavy atom. The highest BCUT2D eigenvalue weighted by Crippen LogP contribution is 2.53. The maximum Gasteiger partial charge on any atom is 0.127 e. The molecule has 2 heteroatoms. The fourth-order valence-electron chi connectivity index (χ4n) is 4.09. The first-order valence-electron chi connectivity index (χ1n) is 9.99. The Morgan fingerprint density at radius 3 is 2.87 bits per heavy atom. The lowest BCUT2D eigenvalue weighted by molar-refractivity contribution is 0.0107. The molecule has 0 aromatic heterocycles. The number of phenols is 1. The van der Waals surface area contributed by atoms with Gasteiger partial charge in [0, 0.05) is 17.4 Å². The zero-order chi connectivity index (χ0) is 18.4. The van der Waals surface area contributed by atoms with Crippen molar-refractivity contribution in [3.63, 3.8) is 0 Å². The molecule has 1 N–H and O–H groups in total. The van der Waals surface area contributed by atoms with E-state index in [9.17, 15) is 5.11 Å². The number of hydrogen-bond acceptors (Lipinski definition) is 2. The van der Waals surface area contributed by atoms with Gasteiger partial charge in [-0.25, -0.2) is 0 Å². The van der Waals surface area contributed by atoms with Crippen molar-refractivity contribution in [2.75, 3.05) is 0 Å². The van der Waals surface area contributed by atoms with E-state index in [-0.39, 0.29) is 29.2 Å². The molecule has 0 saturated carbocycles. The molecule has 2 aliphatic rings. The summed E-state index contributed by atoms with van der Waals surface area (Å²) in [6.45, 7) is 8.43. The van der Waals surface area contributed by atoms with Crippen LogP contribution >= 0.6 is 0 Å². The molecule has 0 saturated heterocycles. The monoisotopic (exact) mass is 316 g/mol. The second kappa shape index (κ2) is 6.22. The van der Waals surface area contributed by atoms with Crippen LogP contribution in [0.5, 0.6) is 11.5 Å². The fourth-order valence-corrected chi connectivity index (χ4v) is 4.09. The number of ether oxygens (including phenoxy) is 1. The third kappa shape index (κ3) is 3.13. The summed E-state index contributed by atoms with van der Waals surface area (Å²) in [4.78, 5) is 0. The number of unbranched alkanes of at least 4 members (excludes halogenated alkanes) is 2. The van der Waals surface area contributed by atoms with Gasteiger partial charge >= 0.3 is 0 Å². The summed E-state index contributed by atoms with van der Waals surface area (Å²) in [5, 5.41) is 10.8. The van der Waals surface area contributed by atoms with Crippen LogP contribution in [0.4, 0.5) is 0 Å². The molecule has 1 aromatic rings. The Labute approximate surface area is 143 Å². The number of aromatic hydroxyl groups is 1. The molecular weight excluding hydrogens is 284 g/mol. The number of fused-ring (bicyclic) bond motifs is 3. The summed E-state index contributed by atoms with van der Waals surface area (Å²) < 4.78 is 23.4. The highest BCUT2D eigenvalue weighted by molar-refractivity contribution is 5.53. The molecule has 0 unspecified atom stereocenters. The number of benzene rings is 1. The van der Waals surface area contributed by atoms with Crippen LogP contribution in [0.25, 0.3) is 0 Å². The minimum atomic E-state index is -0.374. The standard InChI is InChI=1S/C21H30O2/c1-5-6-7-8-15-12-18(22)20-16-11-14(2)9-10-17(16)21(3,4)23-19(20)13-15/h11-13,16-17,22H,5-10H2,1-4H3/t16-,17-/m1/s1/i12D,13D. The summed E-state index contributed by atoms with van der Waals surface area (Å²) >= 11 is 0. The van der Waals surface area contributed by atoms with Crippen LogP contribution in [-0.4, -0.2) is 10.7 Å². The highest BCUT2D eigenvalue weighted by atomic mass is 16.5. The molecule has 0 amide bonds. The first-order valence-corrected chi connectivity index (χ1v) is 8.99. The molecule has 126 valence electrons. The van der Waals surface area contributed by atoms with E-state index in [0.717, 1.165) is 32.1 Å². The zero-order valence-corrected chi connectivity index (χ0v) is 14.8. The van der Waals surface area contributed by atoms with Crippen molar-refractivity contribution < 1.29 is 12.6 Å². The van der Waals surface area contributed by atoms with Gasteiger partial charge in [-0.3, -0.25) is 0 Å². The molecule has 23 heavy (non-hydrogen) atoms. The topological polar surface area (TPSA) is 29.5 Å². The van der Waals surface area contributed by atoms with Crippen LogP contribution in [-0.2, 0) is 6.42 Å². The van der Waals surface area contributed by atoms with Gasteiger partial charge in [0.2, 0.25) is 0 Å². The quantitative estimate of drug-likeness (QED) is 0.567. The van der Waals surface area contributed by atoms with Crippen LogP contribution in [0.15, 0.2) is 23.7 Å². The molecule has 0 fully saturated rings. The molecule has 1 aliphatic heterocycles. The first kappa shape index (κ1) is 13.9. The van der Waals surface area contributed by atoms with E-state index in [2.05, 4.69) is 33.8 Å². The molecule has 1 heterocycles. The van der Waals surface area contributed by atoms with Gasteiger partial charge in [-0.15, -0.1) is 0 Å². The summed E-state index contributed by atoms with van der Waals surface area (Å²) in [6, 6.07) is 0.426. The highest BCUT2D eigenvalue weighted by Gasteiger charge is 2.45. The molecule has 0 radical (unpaired) electrons. The Morgan fingerprint density at radius 2 is 2.13 bits per heavy atom. The number of hydrogen-bond donors (Lipinski definition) is 1. The van der Waals surface area contributed by atoms with Crippen molar-refractivity contribution >= 4 is 0 Å². The minimum absolute atomic E-state index is 0.0222. The van der Waals surface area contributed by atoms with Crippen molar-refractivity contribution in [2.24, 2.45) is 5.92 Å². The van der Waals surface area contributed by atoms with Crippen molar-refractivity contribution in [1.82, 2.24) is 0 Å². The van der Waals surface area contributed by atoms with E-state index in [1.54, 1.807) is 0 Å². The van der Waals surface area contributed by atoms with E-state index >= 15 is 0 Å². The van der Waals surface area contributed by atoms with Crippen molar-refractivity contribution in [1.29, 1.82) is 0 Å². The summed E-state index contributed by atoms with van der Waals surface area (Å²) in [5.41, 5.74) is 2.23. The molecule has 3 rings (SSSR count). The smallest absolute Gasteiger partial charge is 0.127 e. The molecule has 1 aromatic carbocycles. The lowest BCUT2D eigenvalue weighted by Gasteiger charge is -2.46. The lowest BCUT2D eigenvalue weighted by atomic mass is 9.68. The third-order valence-corrected chi connectivity index (χ3v) is 5.40. The van der Waals surface area contributed by atoms with Gasteiger partial charge in [-0.05, 0) is 64.1 Å². The molecule has 2 atom stereocenters. The Hall–Kier alpha value is -1.44. The van der Waals surface area contributed by atoms with Crippen molar-refractivity contribution in [3.05, 3.63) is 34.9 Å². The van der Waals surface area contributed by atoms with E-state index in [1.165, 1.54) is 5.57 Å². The molecular formula is C21H30O2. The minimum Gasteiger partial charge on any atom is -0.507 e. The SMILES string of the molecule is [2H]c1c(O)c2c(c([2H])c1CCCCC)OC(C)(C)[C@@H]1CCC(C)=C[C@@H]21. The lowest BCUT2D eigenvalue weighted by Crippen LogP contribution is -2.45. The van der Waals surface area contributed by atoms with Gasteiger partial charge in [0.05, 0.1) is 2.74 Å². The van der Waals surface area contributed by atoms with Gasteiger partial charge in [-0.2, -0.15) is 0 Å². The maximum atomic E-state index is 10.8. The summed E-state index contributed by atoms with van der Waals surface area (Å²) in [7, 11) is 0. The summed E-state index contributed by atoms with van der Waals surface area (Å²) in [5.74, 6) is 0.816. The first-order chi connectivity index (χ1) is 11.8. The van der Waals surface area contributed by atoms with Crippen molar-refractivity contribution in [2.45, 2.75) is 77.7 Å². The predicted molar refractivity (Wildman–Crippen MR) is 95.3 cm³/mol. The third-order valence-electron chi connectivity index (χ3n) is 5.40. The van der Waals surface area contributed by atoms with E-state index in [4.69, 9.17) is 7.48 Å². The van der Waals surface area contributed by atoms with E-state index in [1.807, 2.05) is 0 Å². The average molecular weight is 316 g/mol. The predicted octanol–water partition coefficient (Wildman–Crippen LogP) is 5.74. The van der Waals surface area contributed by atoms with E-state index < -0.39 is 0 Å². The molecule has 2 nitrogen and oxygen atoms in total. The van der Waals surface area contributed by atoms with Gasteiger partial charge in [0.1, 0.15) is 17.1 Å². The Bertz CT molecular complexity index is 707. The van der Waals surface area contributed by atoms with Crippen LogP contribution in [0.1, 0.15) is 79.6 Å². The van der Waals surface area contributed by atoms with Crippen LogP contribution in [0.3, 0.4) is 0 Å². The normalized spacial score (nSPS) is 26.3. The number of rotatable bonds is 4. The van der Waals surface area contributed by atoms with Gasteiger partial charge in [0.25, 0.3) is 0 Å². The van der Waals surface area contributed by atoms with Gasteiger partial charge < -0.3 is 9.84 Å². The van der Waals surface area contributed by atoms with Crippen LogP contribution in [0, 0.1) is 5.92 Å². The average Bonchev–Trinajstić information content (AvgIpc) is 2.55. The summed E-state index contributed by atoms with van der Waals surface area (Å²) in [6.07, 6.45) is 8.01. The second-order valence-electron chi connectivity index (χ2n) is 7.67. The van der Waals surface area contributed by atoms with E-state index in [0.29, 0.717) is 29.3 Å². The second-order valence-corrected chi connectivity index (χ2v) is 7.67. The van der Waals surface area contributed by atoms with Gasteiger partial charge in [0.15, 0.2) is 0 Å². The van der Waals surface area contributed by atoms with Crippen LogP contribution in [0.2, 0.25) is 0 Å². The number of allylic oxidation sites excluding steroid dienone is 2. The Balaban J connectivity index is 2.14. The number of phenolic OH excluding ortho intramolecular Hbond substituents is 1. The maximum absolute atomic E-state index is 10.8. The zero-order valence-electron chi connectivity index (χ0n) is 16.8. The molecule has 0 spiro atoms. The van der Waals surface area contributed by atoms with Gasteiger partial charge in [-0.1, -0.05) is 31.4 Å². The molecule has 1 aliphatic carbocycles. The van der Waals surface area contributed by atoms with Crippen LogP contribution < -0.4 is 4.74 Å². The molecule has 0 bridgehead atoms. The Kier molecular flexibility index (Phi) is 3.77. The fraction of sp³-hybridized carbons (Fsp3) is 0.619. The van der Waals surface area contributed by atoms with Crippen molar-refractivity contribution in [3.8, 4) is 11.5 Å².